The van der Waals surface area contributed by atoms with Crippen LogP contribution in [0.3, 0.4) is 0 Å². The van der Waals surface area contributed by atoms with Crippen molar-refractivity contribution in [2.75, 3.05) is 46.6 Å². The normalized spacial score (nSPS) is 17.8. The largest absolute Gasteiger partial charge is 0.453 e. The Balaban J connectivity index is 6.68. The third-order valence-electron chi connectivity index (χ3n) is 8.35. The average molecular weight is 747 g/mol. The number of methoxy groups -OCH3 is 1. The maximum atomic E-state index is 16.3. The number of nitrogens with zero attached hydrogens (tertiary/aromatic N) is 2. The SMILES string of the molecule is CCC(CC)(OCC(F)(C(F)(F)F)C(CC)(CC)OC(F)(CO)C(F)(F)F)C(F)(COCC(O)CN(CCCC#N)C(=O)OC)C(F)(F)F. The first kappa shape index (κ1) is 46.7. The van der Waals surface area contributed by atoms with Gasteiger partial charge in [0.15, 0.2) is 0 Å². The fourth-order valence-electron chi connectivity index (χ4n) is 5.21. The van der Waals surface area contributed by atoms with Crippen LogP contribution in [0.15, 0.2) is 0 Å². The topological polar surface area (TPSA) is 121 Å². The first-order valence-corrected chi connectivity index (χ1v) is 14.9. The molecule has 1 amide bonds. The number of hydrogen-bond acceptors (Lipinski definition) is 8. The predicted octanol–water partition coefficient (Wildman–Crippen LogP) is 6.65. The van der Waals surface area contributed by atoms with Crippen LogP contribution >= 0.6 is 0 Å². The number of amides is 1. The quantitative estimate of drug-likeness (QED) is 0.0991. The second-order valence-corrected chi connectivity index (χ2v) is 11.1. The van der Waals surface area contributed by atoms with Gasteiger partial charge in [0.1, 0.15) is 17.8 Å². The molecule has 0 saturated heterocycles. The van der Waals surface area contributed by atoms with Gasteiger partial charge in [0, 0.05) is 13.0 Å². The molecule has 0 spiro atoms. The highest BCUT2D eigenvalue weighted by Crippen LogP contribution is 2.54. The molecule has 21 heteroatoms. The maximum Gasteiger partial charge on any atom is 0.450 e. The van der Waals surface area contributed by atoms with Crippen LogP contribution in [-0.4, -0.2) is 121 Å². The van der Waals surface area contributed by atoms with Crippen LogP contribution in [0.5, 0.6) is 0 Å². The Labute approximate surface area is 275 Å². The van der Waals surface area contributed by atoms with E-state index in [1.165, 1.54) is 0 Å². The molecule has 0 radical (unpaired) electrons. The lowest BCUT2D eigenvalue weighted by Crippen LogP contribution is -2.70. The summed E-state index contributed by atoms with van der Waals surface area (Å²) in [5.74, 6) is -5.27. The number of unbranched alkanes of at least 4 members (excludes halogenated alkanes) is 1. The molecule has 0 aromatic carbocycles. The summed E-state index contributed by atoms with van der Waals surface area (Å²) in [4.78, 5) is 12.8. The Morgan fingerprint density at radius 1 is 0.796 bits per heavy atom. The number of hydrogen-bond donors (Lipinski definition) is 2. The summed E-state index contributed by atoms with van der Waals surface area (Å²) in [5.41, 5.74) is -17.3. The average Bonchev–Trinajstić information content (AvgIpc) is 3.01. The minimum atomic E-state index is -6.33. The monoisotopic (exact) mass is 746 g/mol. The summed E-state index contributed by atoms with van der Waals surface area (Å²) in [7, 11) is 0.970. The highest BCUT2D eigenvalue weighted by molar-refractivity contribution is 5.67. The molecule has 0 fully saturated rings. The molecule has 0 aliphatic carbocycles. The van der Waals surface area contributed by atoms with Crippen LogP contribution in [-0.2, 0) is 18.9 Å². The molecule has 49 heavy (non-hydrogen) atoms. The van der Waals surface area contributed by atoms with Crippen molar-refractivity contribution in [3.8, 4) is 6.07 Å². The fraction of sp³-hybridized carbons (Fsp3) is 0.929. The molecule has 0 aromatic rings. The summed E-state index contributed by atoms with van der Waals surface area (Å²) >= 11 is 0. The lowest BCUT2D eigenvalue weighted by molar-refractivity contribution is -0.412. The summed E-state index contributed by atoms with van der Waals surface area (Å²) in [6.45, 7) is -6.24. The smallest absolute Gasteiger partial charge is 0.450 e. The first-order chi connectivity index (χ1) is 22.3. The third-order valence-corrected chi connectivity index (χ3v) is 8.35. The second kappa shape index (κ2) is 17.8. The van der Waals surface area contributed by atoms with Crippen LogP contribution in [0.2, 0.25) is 0 Å². The van der Waals surface area contributed by atoms with Crippen molar-refractivity contribution >= 4 is 6.09 Å². The maximum absolute atomic E-state index is 16.3. The van der Waals surface area contributed by atoms with E-state index in [9.17, 15) is 53.8 Å². The summed E-state index contributed by atoms with van der Waals surface area (Å²) < 4.78 is 192. The molecule has 0 heterocycles. The minimum Gasteiger partial charge on any atom is -0.453 e. The van der Waals surface area contributed by atoms with Crippen LogP contribution in [0.25, 0.3) is 0 Å². The van der Waals surface area contributed by atoms with E-state index in [1.807, 2.05) is 0 Å². The number of ether oxygens (including phenoxy) is 4. The van der Waals surface area contributed by atoms with Gasteiger partial charge in [-0.3, -0.25) is 0 Å². The van der Waals surface area contributed by atoms with Crippen molar-refractivity contribution < 1.29 is 86.6 Å². The standard InChI is InChI=1S/C28H42F12N2O7/c1-6-21(7-2,23(29,26(32,33)34)17-47-15-19(44)14-42(20(45)46-5)13-11-10-12-41)48-18-24(30,27(35,36)37)22(8-3,9-4)49-25(31,16-43)28(38,39)40/h19,43-44H,6-11,13-18H2,1-5H3. The molecular formula is C28H42F12N2O7. The molecule has 0 rings (SSSR count). The Morgan fingerprint density at radius 3 is 1.63 bits per heavy atom. The van der Waals surface area contributed by atoms with Crippen LogP contribution in [0.4, 0.5) is 57.5 Å². The Hall–Kier alpha value is -2.28. The molecule has 4 unspecified atom stereocenters. The van der Waals surface area contributed by atoms with E-state index in [0.29, 0.717) is 13.8 Å². The molecule has 0 bridgehead atoms. The fourth-order valence-corrected chi connectivity index (χ4v) is 5.21. The molecule has 290 valence electrons. The van der Waals surface area contributed by atoms with Gasteiger partial charge in [0.05, 0.1) is 45.6 Å². The third kappa shape index (κ3) is 10.2. The van der Waals surface area contributed by atoms with Gasteiger partial charge in [-0.25, -0.2) is 13.6 Å². The number of aliphatic hydroxyl groups is 2. The molecule has 0 aliphatic heterocycles. The summed E-state index contributed by atoms with van der Waals surface area (Å²) in [5, 5.41) is 27.9. The molecule has 0 saturated carbocycles. The Morgan fingerprint density at radius 2 is 1.27 bits per heavy atom. The minimum absolute atomic E-state index is 0.0250. The van der Waals surface area contributed by atoms with Gasteiger partial charge in [0.25, 0.3) is 11.3 Å². The van der Waals surface area contributed by atoms with Gasteiger partial charge in [-0.15, -0.1) is 0 Å². The van der Waals surface area contributed by atoms with Crippen molar-refractivity contribution in [3.63, 3.8) is 0 Å². The second-order valence-electron chi connectivity index (χ2n) is 11.1. The number of aliphatic hydroxyl groups excluding tert-OH is 2. The van der Waals surface area contributed by atoms with Crippen LogP contribution in [0, 0.1) is 11.3 Å². The molecule has 0 aromatic heterocycles. The summed E-state index contributed by atoms with van der Waals surface area (Å²) in [6.07, 6.45) is -26.3. The molecule has 9 nitrogen and oxygen atoms in total. The van der Waals surface area contributed by atoms with Crippen molar-refractivity contribution in [2.24, 2.45) is 0 Å². The van der Waals surface area contributed by atoms with Crippen LogP contribution < -0.4 is 0 Å². The van der Waals surface area contributed by atoms with Crippen molar-refractivity contribution in [3.05, 3.63) is 0 Å². The van der Waals surface area contributed by atoms with Crippen molar-refractivity contribution in [1.82, 2.24) is 4.90 Å². The lowest BCUT2D eigenvalue weighted by atomic mass is 9.77. The summed E-state index contributed by atoms with van der Waals surface area (Å²) in [6, 6.07) is 1.79. The van der Waals surface area contributed by atoms with E-state index in [4.69, 9.17) is 19.8 Å². The van der Waals surface area contributed by atoms with Gasteiger partial charge in [-0.1, -0.05) is 27.7 Å². The van der Waals surface area contributed by atoms with Gasteiger partial charge in [0.2, 0.25) is 0 Å². The van der Waals surface area contributed by atoms with Crippen molar-refractivity contribution in [1.29, 1.82) is 5.26 Å². The van der Waals surface area contributed by atoms with Crippen LogP contribution in [0.1, 0.15) is 66.2 Å². The Kier molecular flexibility index (Phi) is 16.9. The number of rotatable bonds is 21. The van der Waals surface area contributed by atoms with Gasteiger partial charge in [-0.05, 0) is 32.1 Å². The highest BCUT2D eigenvalue weighted by atomic mass is 19.4. The van der Waals surface area contributed by atoms with Gasteiger partial charge in [-0.2, -0.15) is 49.2 Å². The number of halogens is 12. The molecule has 4 atom stereocenters. The van der Waals surface area contributed by atoms with Crippen molar-refractivity contribution in [2.45, 2.75) is 119 Å². The molecule has 0 aliphatic rings. The zero-order valence-corrected chi connectivity index (χ0v) is 27.4. The number of nitriles is 1. The van der Waals surface area contributed by atoms with E-state index in [0.717, 1.165) is 25.9 Å². The number of alkyl halides is 12. The lowest BCUT2D eigenvalue weighted by Gasteiger charge is -2.50. The van der Waals surface area contributed by atoms with E-state index < -0.39 is 118 Å². The van der Waals surface area contributed by atoms with Gasteiger partial charge < -0.3 is 34.1 Å². The van der Waals surface area contributed by atoms with E-state index >= 15 is 8.78 Å². The Bertz CT molecular complexity index is 1060. The van der Waals surface area contributed by atoms with E-state index in [-0.39, 0.29) is 19.4 Å². The highest BCUT2D eigenvalue weighted by Gasteiger charge is 2.74. The zero-order chi connectivity index (χ0) is 38.8. The molecule has 2 N–H and O–H groups in total. The first-order valence-electron chi connectivity index (χ1n) is 14.9. The van der Waals surface area contributed by atoms with E-state index in [1.54, 1.807) is 6.07 Å². The molecular weight excluding hydrogens is 704 g/mol. The number of carbonyl (C=O) groups excluding carboxylic acids is 1. The zero-order valence-electron chi connectivity index (χ0n) is 27.4. The van der Waals surface area contributed by atoms with E-state index in [2.05, 4.69) is 9.47 Å². The number of carbonyl (C=O) groups is 1. The van der Waals surface area contributed by atoms with Gasteiger partial charge >= 0.3 is 30.5 Å². The predicted molar refractivity (Wildman–Crippen MR) is 146 cm³/mol.